The normalized spacial score (nSPS) is 13.4. The summed E-state index contributed by atoms with van der Waals surface area (Å²) in [5.41, 5.74) is 5.78. The third-order valence-corrected chi connectivity index (χ3v) is 4.17. The minimum atomic E-state index is -3.73. The van der Waals surface area contributed by atoms with Gasteiger partial charge in [-0.3, -0.25) is 0 Å². The molecule has 0 spiro atoms. The lowest BCUT2D eigenvalue weighted by Crippen LogP contribution is -2.35. The molecule has 1 aromatic rings. The number of rotatable bonds is 7. The van der Waals surface area contributed by atoms with Crippen LogP contribution in [0.1, 0.15) is 0 Å². The predicted molar refractivity (Wildman–Crippen MR) is 73.7 cm³/mol. The van der Waals surface area contributed by atoms with Crippen LogP contribution >= 0.6 is 11.6 Å². The van der Waals surface area contributed by atoms with Crippen LogP contribution in [0.2, 0.25) is 5.02 Å². The summed E-state index contributed by atoms with van der Waals surface area (Å²) in [5, 5.41) is 0.301. The summed E-state index contributed by atoms with van der Waals surface area (Å²) in [6, 6.07) is 4.27. The minimum Gasteiger partial charge on any atom is -0.398 e. The first-order chi connectivity index (χ1) is 8.90. The fourth-order valence-electron chi connectivity index (χ4n) is 1.42. The number of methoxy groups -OCH3 is 2. The van der Waals surface area contributed by atoms with E-state index in [1.54, 1.807) is 0 Å². The number of ether oxygens (including phenoxy) is 2. The Morgan fingerprint density at radius 1 is 1.42 bits per heavy atom. The number of nitrogens with one attached hydrogen (secondary N) is 1. The molecule has 0 amide bonds. The number of hydrogen-bond acceptors (Lipinski definition) is 5. The Morgan fingerprint density at radius 2 is 2.11 bits per heavy atom. The van der Waals surface area contributed by atoms with Crippen molar-refractivity contribution >= 4 is 27.3 Å². The Hall–Kier alpha value is -0.860. The van der Waals surface area contributed by atoms with Gasteiger partial charge >= 0.3 is 0 Å². The van der Waals surface area contributed by atoms with E-state index in [1.807, 2.05) is 0 Å². The van der Waals surface area contributed by atoms with Gasteiger partial charge in [0.2, 0.25) is 10.0 Å². The van der Waals surface area contributed by atoms with Gasteiger partial charge in [0.1, 0.15) is 4.90 Å². The van der Waals surface area contributed by atoms with Crippen molar-refractivity contribution in [1.82, 2.24) is 4.72 Å². The van der Waals surface area contributed by atoms with Gasteiger partial charge in [0.05, 0.1) is 18.4 Å². The Bertz CT molecular complexity index is 521. The lowest BCUT2D eigenvalue weighted by Gasteiger charge is -2.15. The van der Waals surface area contributed by atoms with E-state index in [1.165, 1.54) is 32.4 Å². The van der Waals surface area contributed by atoms with Crippen molar-refractivity contribution in [3.63, 3.8) is 0 Å². The molecule has 19 heavy (non-hydrogen) atoms. The van der Waals surface area contributed by atoms with Gasteiger partial charge in [-0.2, -0.15) is 0 Å². The average molecular weight is 309 g/mol. The van der Waals surface area contributed by atoms with Crippen LogP contribution in [0.5, 0.6) is 0 Å². The van der Waals surface area contributed by atoms with E-state index in [2.05, 4.69) is 4.72 Å². The average Bonchev–Trinajstić information content (AvgIpc) is 2.37. The molecule has 0 aromatic heterocycles. The van der Waals surface area contributed by atoms with E-state index < -0.39 is 10.0 Å². The first-order valence-corrected chi connectivity index (χ1v) is 7.33. The first kappa shape index (κ1) is 16.2. The summed E-state index contributed by atoms with van der Waals surface area (Å²) in [4.78, 5) is -0.0488. The van der Waals surface area contributed by atoms with Gasteiger partial charge < -0.3 is 15.2 Å². The molecule has 0 aliphatic rings. The van der Waals surface area contributed by atoms with Crippen LogP contribution in [0.3, 0.4) is 0 Å². The Morgan fingerprint density at radius 3 is 2.68 bits per heavy atom. The van der Waals surface area contributed by atoms with E-state index >= 15 is 0 Å². The van der Waals surface area contributed by atoms with Gasteiger partial charge in [-0.25, -0.2) is 13.1 Å². The van der Waals surface area contributed by atoms with Crippen molar-refractivity contribution in [2.75, 3.05) is 33.1 Å². The Balaban J connectivity index is 2.83. The maximum Gasteiger partial charge on any atom is 0.242 e. The SMILES string of the molecule is COCC(CNS(=O)(=O)c1cc(Cl)ccc1N)OC. The highest BCUT2D eigenvalue weighted by atomic mass is 35.5. The van der Waals surface area contributed by atoms with Crippen molar-refractivity contribution in [2.45, 2.75) is 11.0 Å². The van der Waals surface area contributed by atoms with Crippen LogP contribution in [0.25, 0.3) is 0 Å². The third-order valence-electron chi connectivity index (χ3n) is 2.45. The summed E-state index contributed by atoms with van der Waals surface area (Å²) in [7, 11) is -0.745. The van der Waals surface area contributed by atoms with E-state index in [0.717, 1.165) is 0 Å². The maximum absolute atomic E-state index is 12.1. The van der Waals surface area contributed by atoms with Gasteiger partial charge in [-0.1, -0.05) is 11.6 Å². The molecule has 0 heterocycles. The minimum absolute atomic E-state index is 0.0488. The summed E-state index contributed by atoms with van der Waals surface area (Å²) >= 11 is 5.77. The molecule has 0 aliphatic carbocycles. The predicted octanol–water partition coefficient (Wildman–Crippen LogP) is 0.862. The molecule has 8 heteroatoms. The Kier molecular flexibility index (Phi) is 6.02. The van der Waals surface area contributed by atoms with Gasteiger partial charge in [0, 0.05) is 25.8 Å². The Labute approximate surface area is 117 Å². The van der Waals surface area contributed by atoms with Crippen LogP contribution in [0.4, 0.5) is 5.69 Å². The van der Waals surface area contributed by atoms with Crippen LogP contribution in [0, 0.1) is 0 Å². The maximum atomic E-state index is 12.1. The molecule has 0 saturated carbocycles. The van der Waals surface area contributed by atoms with Gasteiger partial charge in [-0.15, -0.1) is 0 Å². The second-order valence-electron chi connectivity index (χ2n) is 3.85. The van der Waals surface area contributed by atoms with Gasteiger partial charge in [0.15, 0.2) is 0 Å². The van der Waals surface area contributed by atoms with E-state index in [4.69, 9.17) is 26.8 Å². The molecule has 0 aliphatic heterocycles. The molecule has 3 N–H and O–H groups in total. The van der Waals surface area contributed by atoms with E-state index in [0.29, 0.717) is 5.02 Å². The van der Waals surface area contributed by atoms with Crippen molar-refractivity contribution < 1.29 is 17.9 Å². The van der Waals surface area contributed by atoms with Gasteiger partial charge in [0.25, 0.3) is 0 Å². The second kappa shape index (κ2) is 7.06. The number of nitrogen functional groups attached to an aromatic ring is 1. The van der Waals surface area contributed by atoms with Crippen molar-refractivity contribution in [2.24, 2.45) is 0 Å². The summed E-state index contributed by atoms with van der Waals surface area (Å²) in [5.74, 6) is 0. The monoisotopic (exact) mass is 308 g/mol. The summed E-state index contributed by atoms with van der Waals surface area (Å²) in [6.07, 6.45) is -0.375. The standard InChI is InChI=1S/C11H17ClN2O4S/c1-17-7-9(18-2)6-14-19(15,16)11-5-8(12)3-4-10(11)13/h3-5,9,14H,6-7,13H2,1-2H3. The number of nitrogens with two attached hydrogens (primary N) is 1. The largest absolute Gasteiger partial charge is 0.398 e. The molecule has 0 saturated heterocycles. The smallest absolute Gasteiger partial charge is 0.242 e. The zero-order chi connectivity index (χ0) is 14.5. The van der Waals surface area contributed by atoms with Crippen LogP contribution < -0.4 is 10.5 Å². The lowest BCUT2D eigenvalue weighted by atomic mass is 10.3. The highest BCUT2D eigenvalue weighted by Gasteiger charge is 2.19. The molecule has 1 aromatic carbocycles. The second-order valence-corrected chi connectivity index (χ2v) is 6.02. The molecular formula is C11H17ClN2O4S. The summed E-state index contributed by atoms with van der Waals surface area (Å²) < 4.78 is 36.5. The highest BCUT2D eigenvalue weighted by molar-refractivity contribution is 7.89. The number of sulfonamides is 1. The van der Waals surface area contributed by atoms with Crippen molar-refractivity contribution in [3.05, 3.63) is 23.2 Å². The van der Waals surface area contributed by atoms with E-state index in [9.17, 15) is 8.42 Å². The molecule has 0 fully saturated rings. The number of anilines is 1. The third kappa shape index (κ3) is 4.63. The molecule has 6 nitrogen and oxygen atoms in total. The van der Waals surface area contributed by atoms with Gasteiger partial charge in [-0.05, 0) is 18.2 Å². The zero-order valence-corrected chi connectivity index (χ0v) is 12.3. The van der Waals surface area contributed by atoms with Crippen LogP contribution in [-0.2, 0) is 19.5 Å². The van der Waals surface area contributed by atoms with Crippen molar-refractivity contribution in [3.8, 4) is 0 Å². The molecule has 0 bridgehead atoms. The molecule has 1 unspecified atom stereocenters. The van der Waals surface area contributed by atoms with Crippen LogP contribution in [-0.4, -0.2) is 41.9 Å². The fourth-order valence-corrected chi connectivity index (χ4v) is 2.88. The molecular weight excluding hydrogens is 292 g/mol. The number of hydrogen-bond donors (Lipinski definition) is 2. The zero-order valence-electron chi connectivity index (χ0n) is 10.7. The number of halogens is 1. The highest BCUT2D eigenvalue weighted by Crippen LogP contribution is 2.22. The topological polar surface area (TPSA) is 90.7 Å². The van der Waals surface area contributed by atoms with E-state index in [-0.39, 0.29) is 29.8 Å². The molecule has 1 atom stereocenters. The first-order valence-electron chi connectivity index (χ1n) is 5.47. The van der Waals surface area contributed by atoms with Crippen molar-refractivity contribution in [1.29, 1.82) is 0 Å². The summed E-state index contributed by atoms with van der Waals surface area (Å²) in [6.45, 7) is 0.364. The molecule has 108 valence electrons. The lowest BCUT2D eigenvalue weighted by molar-refractivity contribution is 0.0320. The molecule has 1 rings (SSSR count). The van der Waals surface area contributed by atoms with Crippen LogP contribution in [0.15, 0.2) is 23.1 Å². The number of benzene rings is 1. The quantitative estimate of drug-likeness (QED) is 0.729. The fraction of sp³-hybridized carbons (Fsp3) is 0.455. The molecule has 0 radical (unpaired) electrons.